The third-order valence-corrected chi connectivity index (χ3v) is 3.49. The first-order valence-corrected chi connectivity index (χ1v) is 6.61. The van der Waals surface area contributed by atoms with E-state index in [-0.39, 0.29) is 11.9 Å². The maximum absolute atomic E-state index is 12.1. The van der Waals surface area contributed by atoms with Crippen molar-refractivity contribution in [2.75, 3.05) is 6.54 Å². The molecule has 16 heavy (non-hydrogen) atoms. The van der Waals surface area contributed by atoms with Crippen LogP contribution in [0, 0.1) is 5.92 Å². The molecule has 0 aliphatic carbocycles. The summed E-state index contributed by atoms with van der Waals surface area (Å²) in [7, 11) is 0. The SMILES string of the molecule is CCCC(N)CC(=O)N1CCCC1C(C)C. The van der Waals surface area contributed by atoms with Gasteiger partial charge in [0, 0.05) is 25.0 Å². The highest BCUT2D eigenvalue weighted by atomic mass is 16.2. The van der Waals surface area contributed by atoms with Gasteiger partial charge in [-0.15, -0.1) is 0 Å². The maximum atomic E-state index is 12.1. The normalized spacial score (nSPS) is 22.8. The van der Waals surface area contributed by atoms with Gasteiger partial charge in [0.1, 0.15) is 0 Å². The third-order valence-electron chi connectivity index (χ3n) is 3.49. The van der Waals surface area contributed by atoms with Crippen molar-refractivity contribution in [3.63, 3.8) is 0 Å². The van der Waals surface area contributed by atoms with Crippen molar-refractivity contribution in [1.82, 2.24) is 4.90 Å². The van der Waals surface area contributed by atoms with Gasteiger partial charge in [-0.25, -0.2) is 0 Å². The first kappa shape index (κ1) is 13.5. The molecule has 2 unspecified atom stereocenters. The van der Waals surface area contributed by atoms with Gasteiger partial charge >= 0.3 is 0 Å². The van der Waals surface area contributed by atoms with Crippen LogP contribution in [0.4, 0.5) is 0 Å². The second-order valence-electron chi connectivity index (χ2n) is 5.29. The topological polar surface area (TPSA) is 46.3 Å². The lowest BCUT2D eigenvalue weighted by molar-refractivity contribution is -0.133. The van der Waals surface area contributed by atoms with E-state index in [1.807, 2.05) is 0 Å². The second-order valence-corrected chi connectivity index (χ2v) is 5.29. The molecule has 1 heterocycles. The first-order chi connectivity index (χ1) is 7.56. The number of carbonyl (C=O) groups is 1. The lowest BCUT2D eigenvalue weighted by Gasteiger charge is -2.28. The summed E-state index contributed by atoms with van der Waals surface area (Å²) >= 11 is 0. The van der Waals surface area contributed by atoms with E-state index in [1.165, 1.54) is 0 Å². The zero-order valence-corrected chi connectivity index (χ0v) is 10.9. The number of hydrogen-bond acceptors (Lipinski definition) is 2. The lowest BCUT2D eigenvalue weighted by Crippen LogP contribution is -2.41. The van der Waals surface area contributed by atoms with Crippen molar-refractivity contribution < 1.29 is 4.79 Å². The van der Waals surface area contributed by atoms with Crippen LogP contribution in [0.1, 0.15) is 52.9 Å². The Balaban J connectivity index is 2.46. The Morgan fingerprint density at radius 1 is 1.50 bits per heavy atom. The van der Waals surface area contributed by atoms with Gasteiger partial charge < -0.3 is 10.6 Å². The predicted octanol–water partition coefficient (Wildman–Crippen LogP) is 2.15. The average molecular weight is 226 g/mol. The van der Waals surface area contributed by atoms with Crippen molar-refractivity contribution in [3.8, 4) is 0 Å². The summed E-state index contributed by atoms with van der Waals surface area (Å²) in [5.74, 6) is 0.825. The van der Waals surface area contributed by atoms with E-state index in [0.717, 1.165) is 32.2 Å². The van der Waals surface area contributed by atoms with Gasteiger partial charge in [-0.1, -0.05) is 27.2 Å². The number of amides is 1. The van der Waals surface area contributed by atoms with Gasteiger partial charge in [0.15, 0.2) is 0 Å². The number of rotatable bonds is 5. The number of hydrogen-bond donors (Lipinski definition) is 1. The highest BCUT2D eigenvalue weighted by molar-refractivity contribution is 5.77. The Morgan fingerprint density at radius 3 is 2.75 bits per heavy atom. The molecule has 2 atom stereocenters. The minimum absolute atomic E-state index is 0.0471. The van der Waals surface area contributed by atoms with E-state index in [1.54, 1.807) is 0 Å². The molecule has 1 fully saturated rings. The first-order valence-electron chi connectivity index (χ1n) is 6.61. The lowest BCUT2D eigenvalue weighted by atomic mass is 10.0. The summed E-state index contributed by atoms with van der Waals surface area (Å²) in [4.78, 5) is 14.1. The predicted molar refractivity (Wildman–Crippen MR) is 67.1 cm³/mol. The molecule has 1 rings (SSSR count). The molecule has 0 aromatic heterocycles. The highest BCUT2D eigenvalue weighted by Crippen LogP contribution is 2.24. The molecule has 3 heteroatoms. The van der Waals surface area contributed by atoms with Crippen LogP contribution in [-0.2, 0) is 4.79 Å². The molecule has 0 radical (unpaired) electrons. The molecule has 0 spiro atoms. The molecule has 1 aliphatic heterocycles. The van der Waals surface area contributed by atoms with E-state index >= 15 is 0 Å². The van der Waals surface area contributed by atoms with E-state index < -0.39 is 0 Å². The van der Waals surface area contributed by atoms with Gasteiger partial charge in [0.05, 0.1) is 0 Å². The Kier molecular flexibility index (Phi) is 5.26. The van der Waals surface area contributed by atoms with E-state index in [0.29, 0.717) is 18.4 Å². The maximum Gasteiger partial charge on any atom is 0.224 e. The zero-order chi connectivity index (χ0) is 12.1. The molecule has 0 aromatic carbocycles. The van der Waals surface area contributed by atoms with Gasteiger partial charge in [-0.05, 0) is 25.2 Å². The summed E-state index contributed by atoms with van der Waals surface area (Å²) in [6.07, 6.45) is 4.84. The summed E-state index contributed by atoms with van der Waals surface area (Å²) in [5, 5.41) is 0. The van der Waals surface area contributed by atoms with Crippen LogP contribution in [0.2, 0.25) is 0 Å². The zero-order valence-electron chi connectivity index (χ0n) is 10.9. The largest absolute Gasteiger partial charge is 0.339 e. The molecule has 0 saturated carbocycles. The summed E-state index contributed by atoms with van der Waals surface area (Å²) in [6, 6.07) is 0.493. The fourth-order valence-electron chi connectivity index (χ4n) is 2.61. The van der Waals surface area contributed by atoms with Crippen molar-refractivity contribution in [1.29, 1.82) is 0 Å². The van der Waals surface area contributed by atoms with Crippen LogP contribution in [0.5, 0.6) is 0 Å². The third kappa shape index (κ3) is 3.48. The number of carbonyl (C=O) groups excluding carboxylic acids is 1. The standard InChI is InChI=1S/C13H26N2O/c1-4-6-11(14)9-13(16)15-8-5-7-12(15)10(2)3/h10-12H,4-9,14H2,1-3H3. The molecule has 1 saturated heterocycles. The van der Waals surface area contributed by atoms with Crippen LogP contribution in [-0.4, -0.2) is 29.4 Å². The van der Waals surface area contributed by atoms with Crippen molar-refractivity contribution in [3.05, 3.63) is 0 Å². The molecular weight excluding hydrogens is 200 g/mol. The van der Waals surface area contributed by atoms with Crippen molar-refractivity contribution in [2.24, 2.45) is 11.7 Å². The van der Waals surface area contributed by atoms with Gasteiger partial charge in [0.25, 0.3) is 0 Å². The molecule has 0 bridgehead atoms. The Hall–Kier alpha value is -0.570. The smallest absolute Gasteiger partial charge is 0.224 e. The van der Waals surface area contributed by atoms with Crippen LogP contribution in [0.15, 0.2) is 0 Å². The van der Waals surface area contributed by atoms with Crippen molar-refractivity contribution in [2.45, 2.75) is 65.0 Å². The summed E-state index contributed by atoms with van der Waals surface area (Å²) in [5.41, 5.74) is 5.93. The molecular formula is C13H26N2O. The van der Waals surface area contributed by atoms with Crippen molar-refractivity contribution >= 4 is 5.91 Å². The molecule has 3 nitrogen and oxygen atoms in total. The number of nitrogens with two attached hydrogens (primary N) is 1. The van der Waals surface area contributed by atoms with E-state index in [9.17, 15) is 4.79 Å². The Bertz CT molecular complexity index is 228. The Morgan fingerprint density at radius 2 is 2.19 bits per heavy atom. The van der Waals surface area contributed by atoms with Crippen LogP contribution < -0.4 is 5.73 Å². The van der Waals surface area contributed by atoms with Gasteiger partial charge in [-0.2, -0.15) is 0 Å². The fraction of sp³-hybridized carbons (Fsp3) is 0.923. The molecule has 0 aromatic rings. The van der Waals surface area contributed by atoms with E-state index in [4.69, 9.17) is 5.73 Å². The molecule has 2 N–H and O–H groups in total. The van der Waals surface area contributed by atoms with Crippen LogP contribution in [0.3, 0.4) is 0 Å². The minimum atomic E-state index is 0.0471. The Labute approximate surface area is 99.4 Å². The summed E-state index contributed by atoms with van der Waals surface area (Å²) < 4.78 is 0. The minimum Gasteiger partial charge on any atom is -0.339 e. The highest BCUT2D eigenvalue weighted by Gasteiger charge is 2.30. The summed E-state index contributed by atoms with van der Waals surface area (Å²) in [6.45, 7) is 7.43. The molecule has 94 valence electrons. The van der Waals surface area contributed by atoms with Crippen LogP contribution in [0.25, 0.3) is 0 Å². The second kappa shape index (κ2) is 6.24. The van der Waals surface area contributed by atoms with Gasteiger partial charge in [0.2, 0.25) is 5.91 Å². The number of nitrogens with zero attached hydrogens (tertiary/aromatic N) is 1. The van der Waals surface area contributed by atoms with Crippen LogP contribution >= 0.6 is 0 Å². The molecule has 1 amide bonds. The molecule has 1 aliphatic rings. The number of likely N-dealkylation sites (tertiary alicyclic amines) is 1. The van der Waals surface area contributed by atoms with E-state index in [2.05, 4.69) is 25.7 Å². The monoisotopic (exact) mass is 226 g/mol. The quantitative estimate of drug-likeness (QED) is 0.780. The fourth-order valence-corrected chi connectivity index (χ4v) is 2.61. The van der Waals surface area contributed by atoms with Gasteiger partial charge in [-0.3, -0.25) is 4.79 Å². The average Bonchev–Trinajstić information content (AvgIpc) is 2.65.